The van der Waals surface area contributed by atoms with Crippen LogP contribution in [0.5, 0.6) is 0 Å². The lowest BCUT2D eigenvalue weighted by atomic mass is 10.0. The van der Waals surface area contributed by atoms with Crippen molar-refractivity contribution in [1.82, 2.24) is 35.4 Å². The molecule has 2 aromatic rings. The molecule has 3 N–H and O–H groups in total. The highest BCUT2D eigenvalue weighted by molar-refractivity contribution is 8.01. The summed E-state index contributed by atoms with van der Waals surface area (Å²) in [6, 6.07) is -0.968. The smallest absolute Gasteiger partial charge is 0.352 e. The van der Waals surface area contributed by atoms with Gasteiger partial charge in [-0.2, -0.15) is 0 Å². The number of aliphatic carboxylic acids is 1. The van der Waals surface area contributed by atoms with Gasteiger partial charge in [0.25, 0.3) is 11.8 Å². The number of hydrogen-bond acceptors (Lipinski definition) is 13. The first-order chi connectivity index (χ1) is 17.2. The van der Waals surface area contributed by atoms with Crippen LogP contribution in [0.3, 0.4) is 0 Å². The molecule has 0 spiro atoms. The molecule has 2 atom stereocenters. The number of anilines is 1. The molecule has 0 aromatic carbocycles. The van der Waals surface area contributed by atoms with Crippen molar-refractivity contribution >= 4 is 69.4 Å². The Kier molecular flexibility index (Phi) is 7.55. The maximum absolute atomic E-state index is 13.0. The van der Waals surface area contributed by atoms with Crippen LogP contribution < -0.4 is 10.6 Å². The maximum Gasteiger partial charge on any atom is 0.352 e. The van der Waals surface area contributed by atoms with Crippen molar-refractivity contribution in [3.8, 4) is 0 Å². The van der Waals surface area contributed by atoms with Gasteiger partial charge in [0, 0.05) is 30.9 Å². The van der Waals surface area contributed by atoms with Gasteiger partial charge < -0.3 is 20.6 Å². The fourth-order valence-corrected chi connectivity index (χ4v) is 6.46. The first kappa shape index (κ1) is 25.6. The number of aryl methyl sites for hydroxylation is 1. The molecule has 0 bridgehead atoms. The van der Waals surface area contributed by atoms with E-state index in [1.165, 1.54) is 52.5 Å². The zero-order valence-electron chi connectivity index (χ0n) is 19.0. The summed E-state index contributed by atoms with van der Waals surface area (Å²) < 4.78 is 1.46. The van der Waals surface area contributed by atoms with Crippen molar-refractivity contribution < 1.29 is 29.1 Å². The number of fused-ring (bicyclic) bond motifs is 1. The number of thioether (sulfide) groups is 2. The van der Waals surface area contributed by atoms with Crippen molar-refractivity contribution in [2.24, 2.45) is 12.2 Å². The van der Waals surface area contributed by atoms with Crippen LogP contribution in [0.4, 0.5) is 5.13 Å². The normalized spacial score (nSPS) is 19.5. The minimum Gasteiger partial charge on any atom is -0.477 e. The predicted molar refractivity (Wildman–Crippen MR) is 129 cm³/mol. The molecule has 3 amide bonds. The summed E-state index contributed by atoms with van der Waals surface area (Å²) in [4.78, 5) is 59.3. The monoisotopic (exact) mass is 553 g/mol. The standard InChI is InChI=1S/C18H19N9O6S3/c1-7(28)19-17-20-9(6-35-17)10(23-33-3)13(29)21-11-14(30)27-12(16(31)32)8(4-34-15(11)27)5-36-18-22-24-25-26(18)2/h6,11,15H,4-5H2,1-3H3,(H,21,29)(H,31,32)(H,19,20,28)/t11?,15-/m0/s1. The van der Waals surface area contributed by atoms with Gasteiger partial charge in [0.15, 0.2) is 10.8 Å². The first-order valence-electron chi connectivity index (χ1n) is 10.1. The van der Waals surface area contributed by atoms with Crippen molar-refractivity contribution in [1.29, 1.82) is 0 Å². The highest BCUT2D eigenvalue weighted by atomic mass is 32.2. The largest absolute Gasteiger partial charge is 0.477 e. The average Bonchev–Trinajstić information content (AvgIpc) is 3.46. The number of carbonyl (C=O) groups is 4. The highest BCUT2D eigenvalue weighted by Crippen LogP contribution is 2.41. The molecule has 190 valence electrons. The zero-order valence-corrected chi connectivity index (χ0v) is 21.4. The van der Waals surface area contributed by atoms with Crippen LogP contribution in [0.25, 0.3) is 0 Å². The highest BCUT2D eigenvalue weighted by Gasteiger charge is 2.54. The topological polar surface area (TPSA) is 194 Å². The lowest BCUT2D eigenvalue weighted by Crippen LogP contribution is -2.71. The molecular weight excluding hydrogens is 534 g/mol. The second-order valence-electron chi connectivity index (χ2n) is 7.33. The molecule has 2 aliphatic rings. The Morgan fingerprint density at radius 3 is 2.81 bits per heavy atom. The minimum atomic E-state index is -1.24. The molecule has 15 nitrogen and oxygen atoms in total. The third-order valence-corrected chi connectivity index (χ3v) is 8.11. The van der Waals surface area contributed by atoms with Gasteiger partial charge in [-0.15, -0.1) is 28.2 Å². The van der Waals surface area contributed by atoms with Crippen LogP contribution in [0.2, 0.25) is 0 Å². The summed E-state index contributed by atoms with van der Waals surface area (Å²) in [7, 11) is 2.92. The fourth-order valence-electron chi connectivity index (χ4n) is 3.39. The fraction of sp³-hybridized carbons (Fsp3) is 0.389. The Morgan fingerprint density at radius 1 is 1.39 bits per heavy atom. The Bertz CT molecular complexity index is 1290. The number of β-lactam (4-membered cyclic amide) rings is 1. The lowest BCUT2D eigenvalue weighted by molar-refractivity contribution is -0.150. The summed E-state index contributed by atoms with van der Waals surface area (Å²) in [5.41, 5.74) is 0.388. The number of tetrazole rings is 1. The SMILES string of the molecule is CON=C(C(=O)NC1C(=O)N2C(C(=O)O)=C(CSc3nnnn3C)CS[C@@H]12)c1csc(NC(C)=O)n1. The number of amides is 3. The van der Waals surface area contributed by atoms with Gasteiger partial charge in [-0.05, 0) is 16.0 Å². The maximum atomic E-state index is 13.0. The summed E-state index contributed by atoms with van der Waals surface area (Å²) in [5, 5.41) is 31.5. The number of aromatic nitrogens is 5. The summed E-state index contributed by atoms with van der Waals surface area (Å²) in [6.45, 7) is 1.32. The molecule has 0 aliphatic carbocycles. The van der Waals surface area contributed by atoms with Crippen LogP contribution in [-0.4, -0.2) is 94.6 Å². The molecule has 1 fully saturated rings. The molecular formula is C18H19N9O6S3. The van der Waals surface area contributed by atoms with E-state index in [0.29, 0.717) is 16.5 Å². The third kappa shape index (κ3) is 5.05. The van der Waals surface area contributed by atoms with E-state index in [2.05, 4.69) is 36.3 Å². The quantitative estimate of drug-likeness (QED) is 0.156. The van der Waals surface area contributed by atoms with Crippen molar-refractivity contribution in [3.05, 3.63) is 22.3 Å². The van der Waals surface area contributed by atoms with Gasteiger partial charge in [-0.3, -0.25) is 19.3 Å². The van der Waals surface area contributed by atoms with E-state index in [1.54, 1.807) is 7.05 Å². The molecule has 18 heteroatoms. The number of nitrogens with zero attached hydrogens (tertiary/aromatic N) is 7. The second kappa shape index (κ2) is 10.6. The van der Waals surface area contributed by atoms with Crippen molar-refractivity contribution in [2.75, 3.05) is 23.9 Å². The Balaban J connectivity index is 1.48. The van der Waals surface area contributed by atoms with E-state index in [0.717, 1.165) is 11.3 Å². The number of rotatable bonds is 9. The van der Waals surface area contributed by atoms with E-state index >= 15 is 0 Å². The van der Waals surface area contributed by atoms with E-state index in [4.69, 9.17) is 4.84 Å². The van der Waals surface area contributed by atoms with E-state index in [-0.39, 0.29) is 33.9 Å². The number of carboxylic acid groups (broad SMARTS) is 1. The Hall–Kier alpha value is -3.51. The molecule has 1 unspecified atom stereocenters. The number of thiazole rings is 1. The van der Waals surface area contributed by atoms with E-state index < -0.39 is 29.2 Å². The number of nitrogens with one attached hydrogen (secondary N) is 2. The number of carbonyl (C=O) groups excluding carboxylic acids is 3. The zero-order chi connectivity index (χ0) is 26.0. The van der Waals surface area contributed by atoms with Gasteiger partial charge in [0.05, 0.1) is 0 Å². The predicted octanol–water partition coefficient (Wildman–Crippen LogP) is -0.494. The number of carboxylic acids is 1. The number of hydrogen-bond donors (Lipinski definition) is 3. The van der Waals surface area contributed by atoms with Crippen molar-refractivity contribution in [3.63, 3.8) is 0 Å². The first-order valence-corrected chi connectivity index (χ1v) is 13.0. The summed E-state index contributed by atoms with van der Waals surface area (Å²) in [5.74, 6) is -2.23. The van der Waals surface area contributed by atoms with E-state index in [9.17, 15) is 24.3 Å². The molecule has 1 saturated heterocycles. The van der Waals surface area contributed by atoms with Gasteiger partial charge in [0.1, 0.15) is 29.9 Å². The minimum absolute atomic E-state index is 0.109. The Morgan fingerprint density at radius 2 is 2.17 bits per heavy atom. The van der Waals surface area contributed by atoms with Crippen molar-refractivity contribution in [2.45, 2.75) is 23.5 Å². The van der Waals surface area contributed by atoms with Crippen LogP contribution in [0.15, 0.2) is 27.0 Å². The van der Waals surface area contributed by atoms with Gasteiger partial charge >= 0.3 is 5.97 Å². The second-order valence-corrected chi connectivity index (χ2v) is 10.2. The van der Waals surface area contributed by atoms with Gasteiger partial charge in [0.2, 0.25) is 11.1 Å². The van der Waals surface area contributed by atoms with E-state index in [1.807, 2.05) is 0 Å². The van der Waals surface area contributed by atoms with Gasteiger partial charge in [-0.1, -0.05) is 16.9 Å². The number of oxime groups is 1. The molecule has 4 heterocycles. The average molecular weight is 554 g/mol. The summed E-state index contributed by atoms with van der Waals surface area (Å²) >= 11 is 3.68. The Labute approximate surface area is 215 Å². The molecule has 0 radical (unpaired) electrons. The lowest BCUT2D eigenvalue weighted by Gasteiger charge is -2.49. The van der Waals surface area contributed by atoms with Crippen LogP contribution in [0.1, 0.15) is 12.6 Å². The summed E-state index contributed by atoms with van der Waals surface area (Å²) in [6.07, 6.45) is 0. The van der Waals surface area contributed by atoms with Crippen LogP contribution in [0, 0.1) is 0 Å². The van der Waals surface area contributed by atoms with Gasteiger partial charge in [-0.25, -0.2) is 14.5 Å². The third-order valence-electron chi connectivity index (χ3n) is 4.92. The molecule has 36 heavy (non-hydrogen) atoms. The molecule has 2 aromatic heterocycles. The van der Waals surface area contributed by atoms with Crippen LogP contribution >= 0.6 is 34.9 Å². The molecule has 0 saturated carbocycles. The molecule has 4 rings (SSSR count). The van der Waals surface area contributed by atoms with Crippen LogP contribution in [-0.2, 0) is 31.1 Å². The molecule has 2 aliphatic heterocycles.